The second kappa shape index (κ2) is 9.00. The van der Waals surface area contributed by atoms with Crippen LogP contribution < -0.4 is 11.1 Å². The average molecular weight is 300 g/mol. The number of nitrogens with two attached hydrogens (primary N) is 1. The lowest BCUT2D eigenvalue weighted by molar-refractivity contribution is -0.144. The van der Waals surface area contributed by atoms with Crippen molar-refractivity contribution in [2.24, 2.45) is 11.1 Å². The molecule has 1 unspecified atom stereocenters. The number of amides is 1. The Labute approximate surface area is 126 Å². The van der Waals surface area contributed by atoms with Crippen LogP contribution in [0.15, 0.2) is 0 Å². The summed E-state index contributed by atoms with van der Waals surface area (Å²) in [5.74, 6) is -1.20. The van der Waals surface area contributed by atoms with Crippen molar-refractivity contribution >= 4 is 11.9 Å². The number of carboxylic acid groups (broad SMARTS) is 1. The van der Waals surface area contributed by atoms with Crippen molar-refractivity contribution in [3.63, 3.8) is 0 Å². The first kappa shape index (κ1) is 17.9. The van der Waals surface area contributed by atoms with Gasteiger partial charge < -0.3 is 20.9 Å². The highest BCUT2D eigenvalue weighted by Gasteiger charge is 2.38. The molecule has 6 heteroatoms. The minimum Gasteiger partial charge on any atom is -0.480 e. The Bertz CT molecular complexity index is 339. The van der Waals surface area contributed by atoms with Gasteiger partial charge in [0.15, 0.2) is 0 Å². The molecule has 1 saturated carbocycles. The predicted molar refractivity (Wildman–Crippen MR) is 79.9 cm³/mol. The van der Waals surface area contributed by atoms with E-state index in [2.05, 4.69) is 5.32 Å². The van der Waals surface area contributed by atoms with Crippen molar-refractivity contribution in [2.75, 3.05) is 20.3 Å². The second-order valence-corrected chi connectivity index (χ2v) is 5.90. The summed E-state index contributed by atoms with van der Waals surface area (Å²) in [4.78, 5) is 23.9. The molecule has 0 radical (unpaired) electrons. The van der Waals surface area contributed by atoms with Gasteiger partial charge in [-0.2, -0.15) is 0 Å². The molecule has 1 atom stereocenters. The molecule has 1 rings (SSSR count). The average Bonchev–Trinajstić information content (AvgIpc) is 2.72. The summed E-state index contributed by atoms with van der Waals surface area (Å²) >= 11 is 0. The number of rotatable bonds is 8. The summed E-state index contributed by atoms with van der Waals surface area (Å²) < 4.78 is 4.93. The molecule has 122 valence electrons. The SMILES string of the molecule is COCCCC(NC(=O)C1(CN)CCCCCC1)C(=O)O. The van der Waals surface area contributed by atoms with Gasteiger partial charge in [-0.3, -0.25) is 4.79 Å². The van der Waals surface area contributed by atoms with E-state index >= 15 is 0 Å². The fraction of sp³-hybridized carbons (Fsp3) is 0.867. The van der Waals surface area contributed by atoms with E-state index in [0.29, 0.717) is 19.4 Å². The zero-order valence-corrected chi connectivity index (χ0v) is 12.9. The monoisotopic (exact) mass is 300 g/mol. The third-order valence-corrected chi connectivity index (χ3v) is 4.38. The Morgan fingerprint density at radius 3 is 2.38 bits per heavy atom. The van der Waals surface area contributed by atoms with Gasteiger partial charge in [-0.05, 0) is 25.7 Å². The number of carbonyl (C=O) groups excluding carboxylic acids is 1. The maximum atomic E-state index is 12.6. The minimum atomic E-state index is -1.000. The molecule has 0 heterocycles. The first-order chi connectivity index (χ1) is 10.1. The van der Waals surface area contributed by atoms with Gasteiger partial charge in [-0.15, -0.1) is 0 Å². The standard InChI is InChI=1S/C15H28N2O4/c1-21-10-6-7-12(13(18)19)17-14(20)15(11-16)8-4-2-3-5-9-15/h12H,2-11,16H2,1H3,(H,17,20)(H,18,19). The maximum absolute atomic E-state index is 12.6. The van der Waals surface area contributed by atoms with E-state index in [1.165, 1.54) is 0 Å². The number of carbonyl (C=O) groups is 2. The maximum Gasteiger partial charge on any atom is 0.326 e. The van der Waals surface area contributed by atoms with E-state index in [-0.39, 0.29) is 12.5 Å². The van der Waals surface area contributed by atoms with Gasteiger partial charge in [0.2, 0.25) is 5.91 Å². The normalized spacial score (nSPS) is 19.5. The summed E-state index contributed by atoms with van der Waals surface area (Å²) in [7, 11) is 1.57. The summed E-state index contributed by atoms with van der Waals surface area (Å²) in [6.07, 6.45) is 6.66. The molecule has 0 aromatic carbocycles. The molecule has 1 aliphatic rings. The van der Waals surface area contributed by atoms with Crippen molar-refractivity contribution < 1.29 is 19.4 Å². The molecule has 0 aromatic heterocycles. The lowest BCUT2D eigenvalue weighted by atomic mass is 9.79. The van der Waals surface area contributed by atoms with Crippen LogP contribution in [-0.4, -0.2) is 43.3 Å². The molecule has 0 aromatic rings. The summed E-state index contributed by atoms with van der Waals surface area (Å²) in [6.45, 7) is 0.769. The van der Waals surface area contributed by atoms with Crippen LogP contribution in [0.4, 0.5) is 0 Å². The number of ether oxygens (including phenoxy) is 1. The molecule has 1 aliphatic carbocycles. The molecule has 0 aliphatic heterocycles. The van der Waals surface area contributed by atoms with Crippen LogP contribution in [-0.2, 0) is 14.3 Å². The van der Waals surface area contributed by atoms with Crippen LogP contribution in [0, 0.1) is 5.41 Å². The Kier molecular flexibility index (Phi) is 7.67. The van der Waals surface area contributed by atoms with Crippen molar-refractivity contribution in [1.29, 1.82) is 0 Å². The highest BCUT2D eigenvalue weighted by molar-refractivity contribution is 5.87. The number of aliphatic carboxylic acids is 1. The van der Waals surface area contributed by atoms with Crippen molar-refractivity contribution in [3.05, 3.63) is 0 Å². The number of hydrogen-bond donors (Lipinski definition) is 3. The first-order valence-electron chi connectivity index (χ1n) is 7.78. The van der Waals surface area contributed by atoms with Gasteiger partial charge in [0.05, 0.1) is 5.41 Å². The van der Waals surface area contributed by atoms with Gasteiger partial charge in [-0.25, -0.2) is 4.79 Å². The van der Waals surface area contributed by atoms with Gasteiger partial charge in [0.25, 0.3) is 0 Å². The van der Waals surface area contributed by atoms with Gasteiger partial charge in [-0.1, -0.05) is 25.7 Å². The highest BCUT2D eigenvalue weighted by atomic mass is 16.5. The quantitative estimate of drug-likeness (QED) is 0.463. The molecule has 1 amide bonds. The molecular formula is C15H28N2O4. The van der Waals surface area contributed by atoms with Crippen molar-refractivity contribution in [2.45, 2.75) is 57.4 Å². The predicted octanol–water partition coefficient (Wildman–Crippen LogP) is 1.28. The van der Waals surface area contributed by atoms with Crippen LogP contribution in [0.3, 0.4) is 0 Å². The summed E-state index contributed by atoms with van der Waals surface area (Å²) in [5.41, 5.74) is 5.26. The van der Waals surface area contributed by atoms with Crippen LogP contribution in [0.5, 0.6) is 0 Å². The zero-order valence-electron chi connectivity index (χ0n) is 12.9. The molecular weight excluding hydrogens is 272 g/mol. The summed E-state index contributed by atoms with van der Waals surface area (Å²) in [6, 6.07) is -0.862. The van der Waals surface area contributed by atoms with Gasteiger partial charge >= 0.3 is 5.97 Å². The van der Waals surface area contributed by atoms with E-state index in [1.807, 2.05) is 0 Å². The molecule has 1 fully saturated rings. The lowest BCUT2D eigenvalue weighted by Gasteiger charge is -2.31. The first-order valence-corrected chi connectivity index (χ1v) is 7.78. The fourth-order valence-electron chi connectivity index (χ4n) is 2.93. The third kappa shape index (κ3) is 5.28. The molecule has 4 N–H and O–H groups in total. The molecule has 21 heavy (non-hydrogen) atoms. The number of nitrogens with one attached hydrogen (secondary N) is 1. The fourth-order valence-corrected chi connectivity index (χ4v) is 2.93. The van der Waals surface area contributed by atoms with E-state index in [0.717, 1.165) is 38.5 Å². The van der Waals surface area contributed by atoms with Gasteiger partial charge in [0.1, 0.15) is 6.04 Å². The van der Waals surface area contributed by atoms with E-state index in [4.69, 9.17) is 10.5 Å². The second-order valence-electron chi connectivity index (χ2n) is 5.90. The number of hydrogen-bond acceptors (Lipinski definition) is 4. The largest absolute Gasteiger partial charge is 0.480 e. The smallest absolute Gasteiger partial charge is 0.326 e. The van der Waals surface area contributed by atoms with Crippen LogP contribution in [0.1, 0.15) is 51.4 Å². The van der Waals surface area contributed by atoms with E-state index < -0.39 is 17.4 Å². The zero-order chi connectivity index (χ0) is 15.7. The van der Waals surface area contributed by atoms with E-state index in [9.17, 15) is 14.7 Å². The van der Waals surface area contributed by atoms with Crippen LogP contribution in [0.25, 0.3) is 0 Å². The molecule has 0 spiro atoms. The summed E-state index contributed by atoms with van der Waals surface area (Å²) in [5, 5.41) is 11.9. The third-order valence-electron chi connectivity index (χ3n) is 4.38. The topological polar surface area (TPSA) is 102 Å². The number of methoxy groups -OCH3 is 1. The van der Waals surface area contributed by atoms with Crippen LogP contribution >= 0.6 is 0 Å². The van der Waals surface area contributed by atoms with Gasteiger partial charge in [0, 0.05) is 20.3 Å². The molecule has 0 bridgehead atoms. The lowest BCUT2D eigenvalue weighted by Crippen LogP contribution is -2.51. The molecule has 6 nitrogen and oxygen atoms in total. The highest BCUT2D eigenvalue weighted by Crippen LogP contribution is 2.34. The van der Waals surface area contributed by atoms with Crippen molar-refractivity contribution in [3.8, 4) is 0 Å². The minimum absolute atomic E-state index is 0.197. The van der Waals surface area contributed by atoms with Crippen molar-refractivity contribution in [1.82, 2.24) is 5.32 Å². The molecule has 0 saturated heterocycles. The Balaban J connectivity index is 2.66. The number of carboxylic acids is 1. The Morgan fingerprint density at radius 2 is 1.90 bits per heavy atom. The Hall–Kier alpha value is -1.14. The van der Waals surface area contributed by atoms with Crippen LogP contribution in [0.2, 0.25) is 0 Å². The van der Waals surface area contributed by atoms with E-state index in [1.54, 1.807) is 7.11 Å². The Morgan fingerprint density at radius 1 is 1.29 bits per heavy atom.